The van der Waals surface area contributed by atoms with Crippen LogP contribution in [0.5, 0.6) is 5.75 Å². The quantitative estimate of drug-likeness (QED) is 0.491. The Labute approximate surface area is 144 Å². The molecule has 0 bridgehead atoms. The summed E-state index contributed by atoms with van der Waals surface area (Å²) in [6.45, 7) is 8.78. The zero-order chi connectivity index (χ0) is 18.2. The first kappa shape index (κ1) is 19.8. The lowest BCUT2D eigenvalue weighted by molar-refractivity contribution is -0.153. The summed E-state index contributed by atoms with van der Waals surface area (Å²) in [4.78, 5) is 17.8. The molecule has 6 heteroatoms. The second-order valence-corrected chi connectivity index (χ2v) is 6.52. The van der Waals surface area contributed by atoms with Gasteiger partial charge >= 0.3 is 5.97 Å². The van der Waals surface area contributed by atoms with Crippen LogP contribution in [-0.2, 0) is 9.53 Å². The van der Waals surface area contributed by atoms with Crippen molar-refractivity contribution in [2.45, 2.75) is 33.3 Å². The van der Waals surface area contributed by atoms with Crippen molar-refractivity contribution < 1.29 is 14.3 Å². The number of benzene rings is 1. The van der Waals surface area contributed by atoms with Crippen LogP contribution in [0.1, 0.15) is 26.3 Å². The maximum absolute atomic E-state index is 11.8. The van der Waals surface area contributed by atoms with Crippen LogP contribution < -0.4 is 10.1 Å². The van der Waals surface area contributed by atoms with Gasteiger partial charge in [0, 0.05) is 14.1 Å². The van der Waals surface area contributed by atoms with E-state index in [0.29, 0.717) is 19.1 Å². The van der Waals surface area contributed by atoms with Gasteiger partial charge < -0.3 is 19.7 Å². The fourth-order valence-electron chi connectivity index (χ4n) is 2.03. The van der Waals surface area contributed by atoms with E-state index in [0.717, 1.165) is 11.3 Å². The first-order valence-corrected chi connectivity index (χ1v) is 8.05. The summed E-state index contributed by atoms with van der Waals surface area (Å²) in [5.41, 5.74) is 0.614. The molecule has 0 saturated heterocycles. The summed E-state index contributed by atoms with van der Waals surface area (Å²) >= 11 is 0. The molecule has 24 heavy (non-hydrogen) atoms. The molecule has 1 rings (SSSR count). The largest absolute Gasteiger partial charge is 0.491 e. The van der Waals surface area contributed by atoms with E-state index >= 15 is 0 Å². The molecule has 0 aromatic heterocycles. The second kappa shape index (κ2) is 9.15. The number of likely N-dealkylation sites (N-methyl/N-ethyl adjacent to an activating group) is 1. The van der Waals surface area contributed by atoms with Crippen LogP contribution in [0.4, 0.5) is 0 Å². The number of aliphatic imine (C=N–C) groups is 1. The molecule has 0 spiro atoms. The molecule has 0 saturated carbocycles. The van der Waals surface area contributed by atoms with Gasteiger partial charge in [0.25, 0.3) is 0 Å². The third-order valence-electron chi connectivity index (χ3n) is 3.16. The molecule has 1 aromatic carbocycles. The van der Waals surface area contributed by atoms with E-state index in [9.17, 15) is 4.79 Å². The number of rotatable bonds is 6. The predicted molar refractivity (Wildman–Crippen MR) is 96.5 cm³/mol. The molecule has 6 nitrogen and oxygen atoms in total. The standard InChI is InChI=1S/C18H29N3O3/c1-14-9-7-8-10-15(14)23-12-11-21(6)17(19-5)20-13-16(22)24-18(2,3)4/h7-10H,11-13H2,1-6H3,(H,19,20). The number of nitrogens with one attached hydrogen (secondary N) is 1. The molecule has 0 atom stereocenters. The van der Waals surface area contributed by atoms with Crippen molar-refractivity contribution in [3.8, 4) is 5.75 Å². The lowest BCUT2D eigenvalue weighted by atomic mass is 10.2. The molecule has 0 aliphatic carbocycles. The minimum absolute atomic E-state index is 0.0763. The number of ether oxygens (including phenoxy) is 2. The Balaban J connectivity index is 2.40. The van der Waals surface area contributed by atoms with Gasteiger partial charge in [-0.2, -0.15) is 0 Å². The highest BCUT2D eigenvalue weighted by Crippen LogP contribution is 2.15. The monoisotopic (exact) mass is 335 g/mol. The third-order valence-corrected chi connectivity index (χ3v) is 3.16. The van der Waals surface area contributed by atoms with Crippen LogP contribution in [0.15, 0.2) is 29.3 Å². The van der Waals surface area contributed by atoms with E-state index in [4.69, 9.17) is 9.47 Å². The Morgan fingerprint density at radius 3 is 2.54 bits per heavy atom. The van der Waals surface area contributed by atoms with Crippen LogP contribution in [0.3, 0.4) is 0 Å². The van der Waals surface area contributed by atoms with E-state index < -0.39 is 5.60 Å². The Morgan fingerprint density at radius 2 is 1.96 bits per heavy atom. The van der Waals surface area contributed by atoms with E-state index in [1.54, 1.807) is 7.05 Å². The van der Waals surface area contributed by atoms with Crippen molar-refractivity contribution in [3.05, 3.63) is 29.8 Å². The summed E-state index contributed by atoms with van der Waals surface area (Å²) in [6.07, 6.45) is 0. The minimum atomic E-state index is -0.491. The molecule has 0 aliphatic heterocycles. The maximum Gasteiger partial charge on any atom is 0.325 e. The first-order chi connectivity index (χ1) is 11.2. The highest BCUT2D eigenvalue weighted by molar-refractivity contribution is 5.84. The third kappa shape index (κ3) is 7.35. The zero-order valence-electron chi connectivity index (χ0n) is 15.5. The fraction of sp³-hybridized carbons (Fsp3) is 0.556. The SMILES string of the molecule is CN=C(NCC(=O)OC(C)(C)C)N(C)CCOc1ccccc1C. The summed E-state index contributed by atoms with van der Waals surface area (Å²) < 4.78 is 11.0. The Bertz CT molecular complexity index is 565. The number of esters is 1. The number of nitrogens with zero attached hydrogens (tertiary/aromatic N) is 2. The number of guanidine groups is 1. The number of hydrogen-bond donors (Lipinski definition) is 1. The molecule has 1 N–H and O–H groups in total. The Hall–Kier alpha value is -2.24. The molecule has 0 fully saturated rings. The fourth-order valence-corrected chi connectivity index (χ4v) is 2.03. The van der Waals surface area contributed by atoms with Gasteiger partial charge in [-0.1, -0.05) is 18.2 Å². The summed E-state index contributed by atoms with van der Waals surface area (Å²) in [5, 5.41) is 3.00. The first-order valence-electron chi connectivity index (χ1n) is 8.05. The van der Waals surface area contributed by atoms with E-state index in [1.165, 1.54) is 0 Å². The zero-order valence-corrected chi connectivity index (χ0v) is 15.5. The summed E-state index contributed by atoms with van der Waals surface area (Å²) in [5.74, 6) is 1.19. The van der Waals surface area contributed by atoms with Crippen LogP contribution in [0.25, 0.3) is 0 Å². The summed E-state index contributed by atoms with van der Waals surface area (Å²) in [7, 11) is 3.57. The number of hydrogen-bond acceptors (Lipinski definition) is 4. The van der Waals surface area contributed by atoms with Gasteiger partial charge in [-0.15, -0.1) is 0 Å². The number of para-hydroxylation sites is 1. The molecule has 0 heterocycles. The minimum Gasteiger partial charge on any atom is -0.491 e. The van der Waals surface area contributed by atoms with Crippen LogP contribution >= 0.6 is 0 Å². The number of aryl methyl sites for hydroxylation is 1. The maximum atomic E-state index is 11.8. The predicted octanol–water partition coefficient (Wildman–Crippen LogP) is 2.22. The van der Waals surface area contributed by atoms with E-state index in [1.807, 2.05) is 63.9 Å². The van der Waals surface area contributed by atoms with Gasteiger partial charge in [-0.3, -0.25) is 9.79 Å². The molecular weight excluding hydrogens is 306 g/mol. The second-order valence-electron chi connectivity index (χ2n) is 6.52. The van der Waals surface area contributed by atoms with Gasteiger partial charge in [0.05, 0.1) is 6.54 Å². The molecule has 1 aromatic rings. The average Bonchev–Trinajstić information content (AvgIpc) is 2.48. The average molecular weight is 335 g/mol. The topological polar surface area (TPSA) is 63.2 Å². The molecule has 134 valence electrons. The molecule has 0 amide bonds. The number of carbonyl (C=O) groups is 1. The lowest BCUT2D eigenvalue weighted by Crippen LogP contribution is -2.44. The van der Waals surface area contributed by atoms with Gasteiger partial charge in [0.1, 0.15) is 24.5 Å². The van der Waals surface area contributed by atoms with E-state index in [2.05, 4.69) is 10.3 Å². The van der Waals surface area contributed by atoms with Gasteiger partial charge in [0.15, 0.2) is 5.96 Å². The van der Waals surface area contributed by atoms with Crippen molar-refractivity contribution >= 4 is 11.9 Å². The highest BCUT2D eigenvalue weighted by Gasteiger charge is 2.17. The van der Waals surface area contributed by atoms with Crippen LogP contribution in [-0.4, -0.2) is 56.2 Å². The molecular formula is C18H29N3O3. The van der Waals surface area contributed by atoms with Gasteiger partial charge in [-0.25, -0.2) is 0 Å². The van der Waals surface area contributed by atoms with Crippen molar-refractivity contribution in [2.75, 3.05) is 33.8 Å². The highest BCUT2D eigenvalue weighted by atomic mass is 16.6. The van der Waals surface area contributed by atoms with Crippen molar-refractivity contribution in [1.82, 2.24) is 10.2 Å². The van der Waals surface area contributed by atoms with E-state index in [-0.39, 0.29) is 12.5 Å². The number of carbonyl (C=O) groups excluding carboxylic acids is 1. The van der Waals surface area contributed by atoms with Gasteiger partial charge in [0.2, 0.25) is 0 Å². The smallest absolute Gasteiger partial charge is 0.325 e. The Morgan fingerprint density at radius 1 is 1.29 bits per heavy atom. The van der Waals surface area contributed by atoms with Crippen molar-refractivity contribution in [2.24, 2.45) is 4.99 Å². The van der Waals surface area contributed by atoms with Gasteiger partial charge in [-0.05, 0) is 39.3 Å². The molecule has 0 aliphatic rings. The molecule has 0 unspecified atom stereocenters. The lowest BCUT2D eigenvalue weighted by Gasteiger charge is -2.23. The van der Waals surface area contributed by atoms with Crippen molar-refractivity contribution in [3.63, 3.8) is 0 Å². The summed E-state index contributed by atoms with van der Waals surface area (Å²) in [6, 6.07) is 7.90. The van der Waals surface area contributed by atoms with Crippen LogP contribution in [0, 0.1) is 6.92 Å². The van der Waals surface area contributed by atoms with Crippen LogP contribution in [0.2, 0.25) is 0 Å². The Kier molecular flexibility index (Phi) is 7.55. The normalized spacial score (nSPS) is 11.8. The molecule has 0 radical (unpaired) electrons. The van der Waals surface area contributed by atoms with Crippen molar-refractivity contribution in [1.29, 1.82) is 0 Å².